The summed E-state index contributed by atoms with van der Waals surface area (Å²) in [5, 5.41) is 0. The molecule has 116 valence electrons. The van der Waals surface area contributed by atoms with Crippen LogP contribution in [0.4, 0.5) is 0 Å². The molecule has 2 atom stereocenters. The summed E-state index contributed by atoms with van der Waals surface area (Å²) in [5.74, 6) is 0.691. The van der Waals surface area contributed by atoms with Gasteiger partial charge in [-0.05, 0) is 18.8 Å². The molecule has 0 aromatic heterocycles. The summed E-state index contributed by atoms with van der Waals surface area (Å²) in [5.41, 5.74) is 6.22. The van der Waals surface area contributed by atoms with E-state index in [2.05, 4.69) is 25.7 Å². The molecule has 2 unspecified atom stereocenters. The minimum atomic E-state index is 0.0759. The van der Waals surface area contributed by atoms with Gasteiger partial charge in [-0.15, -0.1) is 0 Å². The lowest BCUT2D eigenvalue weighted by molar-refractivity contribution is 0.0209. The molecule has 0 saturated carbocycles. The van der Waals surface area contributed by atoms with E-state index in [1.807, 2.05) is 0 Å². The van der Waals surface area contributed by atoms with Crippen LogP contribution in [0.3, 0.4) is 0 Å². The predicted octanol–water partition coefficient (Wildman–Crippen LogP) is 2.12. The van der Waals surface area contributed by atoms with Gasteiger partial charge in [-0.1, -0.05) is 27.2 Å². The quantitative estimate of drug-likeness (QED) is 0.592. The van der Waals surface area contributed by atoms with Crippen molar-refractivity contribution in [1.29, 1.82) is 0 Å². The normalized spacial score (nSPS) is 16.6. The topological polar surface area (TPSA) is 47.7 Å². The number of rotatable bonds is 12. The molecule has 0 aliphatic carbocycles. The summed E-state index contributed by atoms with van der Waals surface area (Å²) in [6.07, 6.45) is 3.41. The van der Waals surface area contributed by atoms with Crippen LogP contribution in [0.2, 0.25) is 0 Å². The van der Waals surface area contributed by atoms with E-state index in [0.29, 0.717) is 12.5 Å². The molecule has 19 heavy (non-hydrogen) atoms. The van der Waals surface area contributed by atoms with Crippen molar-refractivity contribution in [2.24, 2.45) is 11.7 Å². The maximum atomic E-state index is 6.14. The van der Waals surface area contributed by atoms with Gasteiger partial charge in [0.15, 0.2) is 0 Å². The predicted molar refractivity (Wildman–Crippen MR) is 81.5 cm³/mol. The summed E-state index contributed by atoms with van der Waals surface area (Å²) in [6.45, 7) is 10.8. The number of nitrogens with two attached hydrogens (primary N) is 1. The number of ether oxygens (including phenoxy) is 2. The highest BCUT2D eigenvalue weighted by Crippen LogP contribution is 2.28. The van der Waals surface area contributed by atoms with Gasteiger partial charge in [0.1, 0.15) is 0 Å². The summed E-state index contributed by atoms with van der Waals surface area (Å²) < 4.78 is 10.5. The molecule has 0 bridgehead atoms. The average Bonchev–Trinajstić information content (AvgIpc) is 2.45. The van der Waals surface area contributed by atoms with Crippen molar-refractivity contribution in [1.82, 2.24) is 4.90 Å². The highest BCUT2D eigenvalue weighted by Gasteiger charge is 2.34. The van der Waals surface area contributed by atoms with Gasteiger partial charge < -0.3 is 15.2 Å². The lowest BCUT2D eigenvalue weighted by Crippen LogP contribution is -2.56. The average molecular weight is 274 g/mol. The first-order valence-electron chi connectivity index (χ1n) is 7.53. The van der Waals surface area contributed by atoms with Crippen molar-refractivity contribution < 1.29 is 9.47 Å². The van der Waals surface area contributed by atoms with Crippen LogP contribution >= 0.6 is 0 Å². The van der Waals surface area contributed by atoms with E-state index in [4.69, 9.17) is 15.2 Å². The third kappa shape index (κ3) is 6.21. The number of hydrogen-bond acceptors (Lipinski definition) is 4. The first-order chi connectivity index (χ1) is 9.10. The molecule has 0 spiro atoms. The van der Waals surface area contributed by atoms with E-state index >= 15 is 0 Å². The largest absolute Gasteiger partial charge is 0.383 e. The van der Waals surface area contributed by atoms with Crippen molar-refractivity contribution in [3.05, 3.63) is 0 Å². The fourth-order valence-corrected chi connectivity index (χ4v) is 2.64. The maximum Gasteiger partial charge on any atom is 0.0589 e. The van der Waals surface area contributed by atoms with Crippen LogP contribution < -0.4 is 5.73 Å². The Bertz CT molecular complexity index is 200. The SMILES string of the molecule is CCC(C)CC(CC)(CN)N(CCOC)CCOC. The van der Waals surface area contributed by atoms with Crippen molar-refractivity contribution in [3.8, 4) is 0 Å². The van der Waals surface area contributed by atoms with Gasteiger partial charge in [0.25, 0.3) is 0 Å². The Morgan fingerprint density at radius 3 is 1.95 bits per heavy atom. The Labute approximate surface area is 119 Å². The van der Waals surface area contributed by atoms with Gasteiger partial charge in [0.2, 0.25) is 0 Å². The molecule has 4 nitrogen and oxygen atoms in total. The molecule has 2 N–H and O–H groups in total. The second-order valence-corrected chi connectivity index (χ2v) is 5.47. The molecule has 0 fully saturated rings. The molecular weight excluding hydrogens is 240 g/mol. The van der Waals surface area contributed by atoms with Gasteiger partial charge in [-0.25, -0.2) is 0 Å². The Morgan fingerprint density at radius 1 is 1.11 bits per heavy atom. The molecule has 0 aromatic rings. The molecule has 0 rings (SSSR count). The lowest BCUT2D eigenvalue weighted by atomic mass is 9.83. The molecule has 0 radical (unpaired) electrons. The third-order valence-corrected chi connectivity index (χ3v) is 4.26. The molecule has 0 aliphatic heterocycles. The highest BCUT2D eigenvalue weighted by molar-refractivity contribution is 4.92. The van der Waals surface area contributed by atoms with Gasteiger partial charge in [0.05, 0.1) is 13.2 Å². The summed E-state index contributed by atoms with van der Waals surface area (Å²) in [4.78, 5) is 2.46. The van der Waals surface area contributed by atoms with Gasteiger partial charge in [-0.2, -0.15) is 0 Å². The zero-order valence-corrected chi connectivity index (χ0v) is 13.6. The molecular formula is C15H34N2O2. The molecule has 0 amide bonds. The van der Waals surface area contributed by atoms with Crippen LogP contribution in [-0.4, -0.2) is 57.5 Å². The molecule has 0 aliphatic rings. The van der Waals surface area contributed by atoms with Crippen molar-refractivity contribution in [2.75, 3.05) is 47.1 Å². The first-order valence-corrected chi connectivity index (χ1v) is 7.53. The van der Waals surface area contributed by atoms with Gasteiger partial charge >= 0.3 is 0 Å². The van der Waals surface area contributed by atoms with Crippen LogP contribution in [0.15, 0.2) is 0 Å². The summed E-state index contributed by atoms with van der Waals surface area (Å²) in [7, 11) is 3.50. The van der Waals surface area contributed by atoms with Crippen molar-refractivity contribution in [2.45, 2.75) is 45.6 Å². The minimum Gasteiger partial charge on any atom is -0.383 e. The van der Waals surface area contributed by atoms with E-state index in [1.165, 1.54) is 6.42 Å². The number of nitrogens with zero attached hydrogens (tertiary/aromatic N) is 1. The van der Waals surface area contributed by atoms with Gasteiger partial charge in [-0.3, -0.25) is 4.90 Å². The van der Waals surface area contributed by atoms with Crippen LogP contribution in [-0.2, 0) is 9.47 Å². The fourth-order valence-electron chi connectivity index (χ4n) is 2.64. The van der Waals surface area contributed by atoms with Crippen molar-refractivity contribution >= 4 is 0 Å². The first kappa shape index (κ1) is 18.8. The lowest BCUT2D eigenvalue weighted by Gasteiger charge is -2.44. The Balaban J connectivity index is 4.87. The molecule has 0 aromatic carbocycles. The van der Waals surface area contributed by atoms with E-state index in [0.717, 1.165) is 39.1 Å². The number of hydrogen-bond donors (Lipinski definition) is 1. The van der Waals surface area contributed by atoms with E-state index in [1.54, 1.807) is 14.2 Å². The monoisotopic (exact) mass is 274 g/mol. The van der Waals surface area contributed by atoms with Gasteiger partial charge in [0, 0.05) is 39.4 Å². The molecule has 0 heterocycles. The van der Waals surface area contributed by atoms with Crippen LogP contribution in [0.25, 0.3) is 0 Å². The van der Waals surface area contributed by atoms with Crippen LogP contribution in [0.1, 0.15) is 40.0 Å². The molecule has 4 heteroatoms. The summed E-state index contributed by atoms with van der Waals surface area (Å²) >= 11 is 0. The van der Waals surface area contributed by atoms with E-state index in [9.17, 15) is 0 Å². The third-order valence-electron chi connectivity index (χ3n) is 4.26. The second kappa shape index (κ2) is 10.6. The summed E-state index contributed by atoms with van der Waals surface area (Å²) in [6, 6.07) is 0. The van der Waals surface area contributed by atoms with E-state index < -0.39 is 0 Å². The van der Waals surface area contributed by atoms with E-state index in [-0.39, 0.29) is 5.54 Å². The van der Waals surface area contributed by atoms with Crippen LogP contribution in [0.5, 0.6) is 0 Å². The Morgan fingerprint density at radius 2 is 1.63 bits per heavy atom. The number of methoxy groups -OCH3 is 2. The second-order valence-electron chi connectivity index (χ2n) is 5.47. The smallest absolute Gasteiger partial charge is 0.0589 e. The fraction of sp³-hybridized carbons (Fsp3) is 1.00. The zero-order valence-electron chi connectivity index (χ0n) is 13.6. The Hall–Kier alpha value is -0.160. The zero-order chi connectivity index (χ0) is 14.7. The maximum absolute atomic E-state index is 6.14. The van der Waals surface area contributed by atoms with Crippen molar-refractivity contribution in [3.63, 3.8) is 0 Å². The standard InChI is InChI=1S/C15H34N2O2/c1-6-14(3)12-15(7-2,13-16)17(8-10-18-4)9-11-19-5/h14H,6-13,16H2,1-5H3. The molecule has 0 saturated heterocycles. The highest BCUT2D eigenvalue weighted by atomic mass is 16.5. The minimum absolute atomic E-state index is 0.0759. The van der Waals surface area contributed by atoms with Crippen LogP contribution in [0, 0.1) is 5.92 Å². The Kier molecular flexibility index (Phi) is 10.5.